The van der Waals surface area contributed by atoms with Gasteiger partial charge in [-0.3, -0.25) is 9.10 Å². The minimum absolute atomic E-state index is 0.313. The van der Waals surface area contributed by atoms with Gasteiger partial charge in [0, 0.05) is 10.9 Å². The van der Waals surface area contributed by atoms with Crippen molar-refractivity contribution in [1.82, 2.24) is 5.32 Å². The van der Waals surface area contributed by atoms with Gasteiger partial charge in [-0.2, -0.15) is 0 Å². The number of fused-ring (bicyclic) bond motifs is 1. The standard InChI is InChI=1S/C22H24N2O4S/c1-16(18-11-6-7-14-21(18)28-2)23-22(25)15-24(29(3,26)27)20-13-8-10-17-9-4-5-12-19(17)20/h4-14,16H,15H2,1-3H3,(H,23,25). The summed E-state index contributed by atoms with van der Waals surface area (Å²) in [7, 11) is -2.10. The molecule has 1 N–H and O–H groups in total. The van der Waals surface area contributed by atoms with Crippen LogP contribution in [0.15, 0.2) is 66.7 Å². The van der Waals surface area contributed by atoms with Gasteiger partial charge in [-0.1, -0.05) is 54.6 Å². The van der Waals surface area contributed by atoms with E-state index in [-0.39, 0.29) is 12.6 Å². The zero-order chi connectivity index (χ0) is 21.0. The molecule has 0 aromatic heterocycles. The van der Waals surface area contributed by atoms with E-state index in [0.29, 0.717) is 11.4 Å². The third kappa shape index (κ3) is 4.68. The second-order valence-corrected chi connectivity index (χ2v) is 8.71. The van der Waals surface area contributed by atoms with E-state index in [1.54, 1.807) is 19.2 Å². The van der Waals surface area contributed by atoms with Crippen molar-refractivity contribution in [2.45, 2.75) is 13.0 Å². The maximum atomic E-state index is 12.7. The highest BCUT2D eigenvalue weighted by molar-refractivity contribution is 7.92. The van der Waals surface area contributed by atoms with Crippen molar-refractivity contribution in [2.75, 3.05) is 24.2 Å². The van der Waals surface area contributed by atoms with Crippen molar-refractivity contribution in [1.29, 1.82) is 0 Å². The number of anilines is 1. The van der Waals surface area contributed by atoms with E-state index in [0.717, 1.165) is 26.9 Å². The molecule has 0 fully saturated rings. The summed E-state index contributed by atoms with van der Waals surface area (Å²) >= 11 is 0. The van der Waals surface area contributed by atoms with E-state index in [9.17, 15) is 13.2 Å². The van der Waals surface area contributed by atoms with Crippen LogP contribution in [-0.4, -0.2) is 34.2 Å². The number of ether oxygens (including phenoxy) is 1. The van der Waals surface area contributed by atoms with Crippen LogP contribution >= 0.6 is 0 Å². The molecule has 3 aromatic rings. The molecule has 0 saturated carbocycles. The molecule has 3 aromatic carbocycles. The lowest BCUT2D eigenvalue weighted by atomic mass is 10.1. The Hall–Kier alpha value is -3.06. The fourth-order valence-corrected chi connectivity index (χ4v) is 4.19. The van der Waals surface area contributed by atoms with Gasteiger partial charge in [0.25, 0.3) is 0 Å². The topological polar surface area (TPSA) is 75.7 Å². The monoisotopic (exact) mass is 412 g/mol. The molecule has 0 aliphatic carbocycles. The van der Waals surface area contributed by atoms with Crippen LogP contribution in [-0.2, 0) is 14.8 Å². The molecular weight excluding hydrogens is 388 g/mol. The summed E-state index contributed by atoms with van der Waals surface area (Å²) in [5.41, 5.74) is 1.30. The van der Waals surface area contributed by atoms with Gasteiger partial charge in [-0.25, -0.2) is 8.42 Å². The number of nitrogens with zero attached hydrogens (tertiary/aromatic N) is 1. The number of carbonyl (C=O) groups excluding carboxylic acids is 1. The van der Waals surface area contributed by atoms with Crippen molar-refractivity contribution in [3.05, 3.63) is 72.3 Å². The number of sulfonamides is 1. The molecule has 0 aliphatic heterocycles. The van der Waals surface area contributed by atoms with Crippen molar-refractivity contribution in [3.63, 3.8) is 0 Å². The van der Waals surface area contributed by atoms with Gasteiger partial charge >= 0.3 is 0 Å². The molecule has 0 heterocycles. The number of benzene rings is 3. The highest BCUT2D eigenvalue weighted by atomic mass is 32.2. The highest BCUT2D eigenvalue weighted by Crippen LogP contribution is 2.29. The van der Waals surface area contributed by atoms with E-state index in [1.165, 1.54) is 0 Å². The van der Waals surface area contributed by atoms with Crippen LogP contribution in [0.4, 0.5) is 5.69 Å². The Morgan fingerprint density at radius 1 is 1.03 bits per heavy atom. The molecule has 0 radical (unpaired) electrons. The SMILES string of the molecule is COc1ccccc1C(C)NC(=O)CN(c1cccc2ccccc12)S(C)(=O)=O. The largest absolute Gasteiger partial charge is 0.496 e. The Morgan fingerprint density at radius 2 is 1.69 bits per heavy atom. The molecule has 1 unspecified atom stereocenters. The molecule has 0 bridgehead atoms. The van der Waals surface area contributed by atoms with Gasteiger partial charge in [0.05, 0.1) is 25.1 Å². The average molecular weight is 413 g/mol. The number of hydrogen-bond donors (Lipinski definition) is 1. The zero-order valence-corrected chi connectivity index (χ0v) is 17.4. The number of carbonyl (C=O) groups is 1. The smallest absolute Gasteiger partial charge is 0.241 e. The first kappa shape index (κ1) is 20.7. The summed E-state index contributed by atoms with van der Waals surface area (Å²) < 4.78 is 31.5. The van der Waals surface area contributed by atoms with Crippen LogP contribution < -0.4 is 14.4 Å². The first-order chi connectivity index (χ1) is 13.8. The van der Waals surface area contributed by atoms with E-state index in [1.807, 2.05) is 61.5 Å². The number of nitrogens with one attached hydrogen (secondary N) is 1. The molecule has 0 aliphatic rings. The number of para-hydroxylation sites is 1. The normalized spacial score (nSPS) is 12.4. The minimum Gasteiger partial charge on any atom is -0.496 e. The van der Waals surface area contributed by atoms with Crippen LogP contribution in [0.5, 0.6) is 5.75 Å². The molecule has 0 spiro atoms. The lowest BCUT2D eigenvalue weighted by Gasteiger charge is -2.25. The van der Waals surface area contributed by atoms with Gasteiger partial charge in [0.15, 0.2) is 0 Å². The molecule has 29 heavy (non-hydrogen) atoms. The molecule has 0 saturated heterocycles. The predicted molar refractivity (Wildman–Crippen MR) is 116 cm³/mol. The summed E-state index contributed by atoms with van der Waals surface area (Å²) in [6, 6.07) is 19.9. The Bertz CT molecular complexity index is 1120. The Balaban J connectivity index is 1.87. The van der Waals surface area contributed by atoms with Crippen molar-refractivity contribution in [2.24, 2.45) is 0 Å². The fraction of sp³-hybridized carbons (Fsp3) is 0.227. The summed E-state index contributed by atoms with van der Waals surface area (Å²) in [6.07, 6.45) is 1.10. The van der Waals surface area contributed by atoms with Crippen LogP contribution in [0.2, 0.25) is 0 Å². The van der Waals surface area contributed by atoms with Gasteiger partial charge in [0.2, 0.25) is 15.9 Å². The van der Waals surface area contributed by atoms with E-state index in [2.05, 4.69) is 5.32 Å². The second-order valence-electron chi connectivity index (χ2n) is 6.80. The van der Waals surface area contributed by atoms with Gasteiger partial charge in [-0.15, -0.1) is 0 Å². The number of amides is 1. The summed E-state index contributed by atoms with van der Waals surface area (Å²) in [6.45, 7) is 1.52. The quantitative estimate of drug-likeness (QED) is 0.645. The minimum atomic E-state index is -3.67. The summed E-state index contributed by atoms with van der Waals surface area (Å²) in [5.74, 6) is 0.260. The maximum absolute atomic E-state index is 12.7. The summed E-state index contributed by atoms with van der Waals surface area (Å²) in [4.78, 5) is 12.7. The predicted octanol–water partition coefficient (Wildman–Crippen LogP) is 3.49. The molecule has 6 nitrogen and oxygen atoms in total. The molecule has 1 amide bonds. The Labute approximate surface area is 171 Å². The summed E-state index contributed by atoms with van der Waals surface area (Å²) in [5, 5.41) is 4.54. The van der Waals surface area contributed by atoms with Crippen LogP contribution in [0.1, 0.15) is 18.5 Å². The molecular formula is C22H24N2O4S. The van der Waals surface area contributed by atoms with Crippen molar-refractivity contribution < 1.29 is 17.9 Å². The lowest BCUT2D eigenvalue weighted by Crippen LogP contribution is -2.41. The first-order valence-corrected chi connectivity index (χ1v) is 11.0. The Morgan fingerprint density at radius 3 is 2.41 bits per heavy atom. The molecule has 1 atom stereocenters. The number of rotatable bonds is 7. The first-order valence-electron chi connectivity index (χ1n) is 9.19. The Kier molecular flexibility index (Phi) is 6.08. The van der Waals surface area contributed by atoms with Gasteiger partial charge in [-0.05, 0) is 24.4 Å². The van der Waals surface area contributed by atoms with Gasteiger partial charge in [0.1, 0.15) is 12.3 Å². The number of methoxy groups -OCH3 is 1. The van der Waals surface area contributed by atoms with E-state index >= 15 is 0 Å². The highest BCUT2D eigenvalue weighted by Gasteiger charge is 2.24. The van der Waals surface area contributed by atoms with E-state index in [4.69, 9.17) is 4.74 Å². The fourth-order valence-electron chi connectivity index (χ4n) is 3.33. The molecule has 3 rings (SSSR count). The van der Waals surface area contributed by atoms with Crippen LogP contribution in [0, 0.1) is 0 Å². The van der Waals surface area contributed by atoms with Crippen LogP contribution in [0.25, 0.3) is 10.8 Å². The third-order valence-electron chi connectivity index (χ3n) is 4.71. The zero-order valence-electron chi connectivity index (χ0n) is 16.6. The second kappa shape index (κ2) is 8.53. The van der Waals surface area contributed by atoms with Crippen molar-refractivity contribution >= 4 is 32.4 Å². The lowest BCUT2D eigenvalue weighted by molar-refractivity contribution is -0.120. The molecule has 7 heteroatoms. The molecule has 152 valence electrons. The van der Waals surface area contributed by atoms with Gasteiger partial charge < -0.3 is 10.1 Å². The van der Waals surface area contributed by atoms with Crippen molar-refractivity contribution in [3.8, 4) is 5.75 Å². The number of hydrogen-bond acceptors (Lipinski definition) is 4. The third-order valence-corrected chi connectivity index (χ3v) is 5.83. The maximum Gasteiger partial charge on any atom is 0.241 e. The average Bonchev–Trinajstić information content (AvgIpc) is 2.70. The van der Waals surface area contributed by atoms with E-state index < -0.39 is 15.9 Å². The van der Waals surface area contributed by atoms with Crippen LogP contribution in [0.3, 0.4) is 0 Å².